The molecule has 108 valence electrons. The largest absolute Gasteiger partial charge is 0.316 e. The van der Waals surface area contributed by atoms with E-state index in [0.717, 1.165) is 0 Å². The minimum absolute atomic E-state index is 0.214. The van der Waals surface area contributed by atoms with Crippen molar-refractivity contribution in [2.75, 3.05) is 5.32 Å². The smallest absolute Gasteiger partial charge is 0.230 e. The first-order chi connectivity index (χ1) is 9.29. The number of rotatable bonds is 3. The molecule has 1 aromatic heterocycles. The van der Waals surface area contributed by atoms with Crippen molar-refractivity contribution in [2.45, 2.75) is 40.3 Å². The molecular formula is C14H18N2O4. The molecule has 2 heterocycles. The number of Topliss-reactive ketones (excluding diaryl/α,β-unsaturated/α-hetero) is 1. The molecule has 1 fully saturated rings. The molecule has 1 N–H and O–H groups in total. The molecule has 6 nitrogen and oxygen atoms in total. The van der Waals surface area contributed by atoms with Gasteiger partial charge in [0.2, 0.25) is 18.0 Å². The summed E-state index contributed by atoms with van der Waals surface area (Å²) in [5.74, 6) is -0.335. The van der Waals surface area contributed by atoms with Crippen molar-refractivity contribution in [1.82, 2.24) is 4.98 Å². The van der Waals surface area contributed by atoms with Gasteiger partial charge in [-0.3, -0.25) is 9.59 Å². The minimum Gasteiger partial charge on any atom is -0.316 e. The lowest BCUT2D eigenvalue weighted by Crippen LogP contribution is -2.44. The van der Waals surface area contributed by atoms with Crippen LogP contribution >= 0.6 is 0 Å². The third kappa shape index (κ3) is 3.02. The first-order valence-electron chi connectivity index (χ1n) is 6.40. The number of carbonyl (C=O) groups excluding carboxylic acids is 2. The Morgan fingerprint density at radius 2 is 1.95 bits per heavy atom. The normalized spacial score (nSPS) is 22.0. The van der Waals surface area contributed by atoms with Gasteiger partial charge < -0.3 is 14.8 Å². The molecule has 0 unspecified atom stereocenters. The van der Waals surface area contributed by atoms with Gasteiger partial charge in [-0.25, -0.2) is 4.98 Å². The number of amides is 1. The summed E-state index contributed by atoms with van der Waals surface area (Å²) < 4.78 is 10.3. The van der Waals surface area contributed by atoms with Crippen LogP contribution in [0.5, 0.6) is 0 Å². The molecule has 0 spiro atoms. The molecule has 0 saturated carbocycles. The van der Waals surface area contributed by atoms with E-state index < -0.39 is 11.7 Å². The predicted molar refractivity (Wildman–Crippen MR) is 72.1 cm³/mol. The monoisotopic (exact) mass is 278 g/mol. The van der Waals surface area contributed by atoms with Crippen LogP contribution in [0.15, 0.2) is 18.3 Å². The summed E-state index contributed by atoms with van der Waals surface area (Å²) in [6, 6.07) is 3.21. The molecule has 1 aliphatic rings. The number of aromatic nitrogens is 1. The van der Waals surface area contributed by atoms with Gasteiger partial charge >= 0.3 is 0 Å². The molecule has 0 aliphatic carbocycles. The van der Waals surface area contributed by atoms with Crippen molar-refractivity contribution < 1.29 is 19.1 Å². The lowest BCUT2D eigenvalue weighted by Gasteiger charge is -2.32. The third-order valence-electron chi connectivity index (χ3n) is 2.83. The van der Waals surface area contributed by atoms with Crippen LogP contribution in [0.2, 0.25) is 0 Å². The molecule has 0 aromatic carbocycles. The quantitative estimate of drug-likeness (QED) is 0.855. The van der Waals surface area contributed by atoms with E-state index in [2.05, 4.69) is 10.3 Å². The summed E-state index contributed by atoms with van der Waals surface area (Å²) in [7, 11) is 0. The van der Waals surface area contributed by atoms with Crippen LogP contribution in [-0.4, -0.2) is 29.3 Å². The highest BCUT2D eigenvalue weighted by molar-refractivity contribution is 6.06. The second kappa shape index (κ2) is 5.30. The van der Waals surface area contributed by atoms with Gasteiger partial charge in [0.25, 0.3) is 0 Å². The summed E-state index contributed by atoms with van der Waals surface area (Å²) in [6.07, 6.45) is 0.216. The maximum absolute atomic E-state index is 12.2. The van der Waals surface area contributed by atoms with Crippen molar-refractivity contribution in [2.24, 2.45) is 5.41 Å². The maximum atomic E-state index is 12.2. The third-order valence-corrected chi connectivity index (χ3v) is 2.83. The van der Waals surface area contributed by atoms with Crippen molar-refractivity contribution in [3.8, 4) is 0 Å². The van der Waals surface area contributed by atoms with Gasteiger partial charge in [0.15, 0.2) is 6.29 Å². The number of hydrogen-bond donors (Lipinski definition) is 1. The Hall–Kier alpha value is -1.79. The van der Waals surface area contributed by atoms with Crippen molar-refractivity contribution in [3.63, 3.8) is 0 Å². The van der Waals surface area contributed by atoms with Crippen LogP contribution in [0.25, 0.3) is 0 Å². The van der Waals surface area contributed by atoms with Crippen LogP contribution in [-0.2, 0) is 14.3 Å². The number of nitrogens with zero attached hydrogens (tertiary/aromatic N) is 1. The average molecular weight is 278 g/mol. The number of ketones is 1. The summed E-state index contributed by atoms with van der Waals surface area (Å²) in [5, 5.41) is 2.66. The van der Waals surface area contributed by atoms with Gasteiger partial charge in [-0.1, -0.05) is 20.8 Å². The van der Waals surface area contributed by atoms with Gasteiger partial charge in [-0.15, -0.1) is 0 Å². The number of hydrogen-bond acceptors (Lipinski definition) is 5. The number of pyridine rings is 1. The van der Waals surface area contributed by atoms with E-state index in [9.17, 15) is 9.59 Å². The number of ether oxygens (including phenoxy) is 2. The minimum atomic E-state index is -0.917. The van der Waals surface area contributed by atoms with E-state index in [4.69, 9.17) is 9.47 Å². The maximum Gasteiger partial charge on any atom is 0.230 e. The highest BCUT2D eigenvalue weighted by atomic mass is 16.9. The van der Waals surface area contributed by atoms with Crippen molar-refractivity contribution in [1.29, 1.82) is 0 Å². The summed E-state index contributed by atoms with van der Waals surface area (Å²) in [5.41, 5.74) is -0.294. The summed E-state index contributed by atoms with van der Waals surface area (Å²) >= 11 is 0. The molecule has 2 rings (SSSR count). The summed E-state index contributed by atoms with van der Waals surface area (Å²) in [4.78, 5) is 28.2. The van der Waals surface area contributed by atoms with Gasteiger partial charge in [0, 0.05) is 11.6 Å². The lowest BCUT2D eigenvalue weighted by molar-refractivity contribution is -0.349. The van der Waals surface area contributed by atoms with Gasteiger partial charge in [-0.2, -0.15) is 0 Å². The average Bonchev–Trinajstić information content (AvgIpc) is 2.34. The number of nitrogens with one attached hydrogen (secondary N) is 1. The van der Waals surface area contributed by atoms with Gasteiger partial charge in [0.1, 0.15) is 5.82 Å². The number of carbonyl (C=O) groups is 2. The van der Waals surface area contributed by atoms with Crippen molar-refractivity contribution >= 4 is 17.5 Å². The Labute approximate surface area is 117 Å². The SMILES string of the molecule is CC1OC(C(=O)c2cccnc2NC(=O)C(C)(C)C)O1. The number of anilines is 1. The van der Waals surface area contributed by atoms with Crippen molar-refractivity contribution in [3.05, 3.63) is 23.9 Å². The second-order valence-corrected chi connectivity index (χ2v) is 5.64. The molecule has 1 aromatic rings. The fourth-order valence-corrected chi connectivity index (χ4v) is 1.61. The first kappa shape index (κ1) is 14.6. The summed E-state index contributed by atoms with van der Waals surface area (Å²) in [6.45, 7) is 7.06. The Morgan fingerprint density at radius 1 is 1.30 bits per heavy atom. The topological polar surface area (TPSA) is 77.5 Å². The predicted octanol–water partition coefficient (Wildman–Crippen LogP) is 1.97. The van der Waals surface area contributed by atoms with E-state index in [1.807, 2.05) is 0 Å². The fraction of sp³-hybridized carbons (Fsp3) is 0.500. The van der Waals surface area contributed by atoms with Crippen LogP contribution in [0.1, 0.15) is 38.1 Å². The Morgan fingerprint density at radius 3 is 2.50 bits per heavy atom. The lowest BCUT2D eigenvalue weighted by atomic mass is 9.95. The molecular weight excluding hydrogens is 260 g/mol. The zero-order valence-corrected chi connectivity index (χ0v) is 12.0. The van der Waals surface area contributed by atoms with Crippen LogP contribution in [0, 0.1) is 5.41 Å². The highest BCUT2D eigenvalue weighted by Crippen LogP contribution is 2.24. The second-order valence-electron chi connectivity index (χ2n) is 5.64. The molecule has 1 aliphatic heterocycles. The molecule has 6 heteroatoms. The van der Waals surface area contributed by atoms with E-state index >= 15 is 0 Å². The molecule has 0 bridgehead atoms. The van der Waals surface area contributed by atoms with Crippen LogP contribution in [0.3, 0.4) is 0 Å². The van der Waals surface area contributed by atoms with Crippen LogP contribution < -0.4 is 5.32 Å². The first-order valence-corrected chi connectivity index (χ1v) is 6.40. The Kier molecular flexibility index (Phi) is 3.87. The molecule has 0 radical (unpaired) electrons. The van der Waals surface area contributed by atoms with Crippen LogP contribution in [0.4, 0.5) is 5.82 Å². The van der Waals surface area contributed by atoms with Gasteiger partial charge in [0.05, 0.1) is 5.56 Å². The van der Waals surface area contributed by atoms with E-state index in [1.54, 1.807) is 39.8 Å². The van der Waals surface area contributed by atoms with Gasteiger partial charge in [-0.05, 0) is 19.1 Å². The zero-order valence-electron chi connectivity index (χ0n) is 12.0. The molecule has 0 atom stereocenters. The Bertz CT molecular complexity index is 530. The fourth-order valence-electron chi connectivity index (χ4n) is 1.61. The molecule has 1 amide bonds. The van der Waals surface area contributed by atoms with E-state index in [0.29, 0.717) is 0 Å². The molecule has 1 saturated heterocycles. The van der Waals surface area contributed by atoms with E-state index in [1.165, 1.54) is 6.20 Å². The zero-order chi connectivity index (χ0) is 14.9. The molecule has 20 heavy (non-hydrogen) atoms. The Balaban J connectivity index is 2.18. The van der Waals surface area contributed by atoms with E-state index in [-0.39, 0.29) is 29.4 Å². The highest BCUT2D eigenvalue weighted by Gasteiger charge is 2.36. The standard InChI is InChI=1S/C14H18N2O4/c1-8-19-12(20-8)10(17)9-6-5-7-15-11(9)16-13(18)14(2,3)4/h5-8,12H,1-4H3,(H,15,16,18).